The fourth-order valence-electron chi connectivity index (χ4n) is 10.5. The summed E-state index contributed by atoms with van der Waals surface area (Å²) in [7, 11) is -0.337. The molecule has 10 aromatic rings. The molecule has 0 saturated carbocycles. The number of rotatable bonds is 15. The molecule has 0 spiro atoms. The Hall–Kier alpha value is -6.19. The second-order valence-corrected chi connectivity index (χ2v) is 27.9. The minimum Gasteiger partial charge on any atom is -0.399 e. The van der Waals surface area contributed by atoms with E-state index in [-0.39, 0.29) is 47.2 Å². The van der Waals surface area contributed by atoms with E-state index in [0.29, 0.717) is 64.2 Å². The summed E-state index contributed by atoms with van der Waals surface area (Å²) in [6, 6.07) is 18.0. The van der Waals surface area contributed by atoms with Gasteiger partial charge in [0.05, 0.1) is 128 Å². The SMILES string of the molecule is CC1(C)OB(c2cccc3[nH]ncc23)OC1(C)C.C[C@H](O)CCCc1cc2nc(-c3cccc4[nH]ncc34)nc(N3CCOCC3)c2s1.C[C@H](O)CN.C[C@H](O)CNCc1cc2nc(Cl)nc(N3CCOCC3)c2s1.O=Cc1cc2nc(Cl)nc(N3CCOCC3)c2s1. The first-order chi connectivity index (χ1) is 44.8. The van der Waals surface area contributed by atoms with Crippen molar-refractivity contribution >= 4 is 146 Å². The number of aromatic amines is 2. The smallest absolute Gasteiger partial charge is 0.399 e. The molecule has 14 rings (SSSR count). The molecule has 0 amide bonds. The van der Waals surface area contributed by atoms with Gasteiger partial charge in [-0.2, -0.15) is 20.2 Å². The maximum Gasteiger partial charge on any atom is 0.495 e. The maximum atomic E-state index is 10.8. The molecule has 496 valence electrons. The number of benzene rings is 2. The molecule has 4 aliphatic rings. The molecule has 4 fully saturated rings. The molecule has 0 aliphatic carbocycles. The van der Waals surface area contributed by atoms with E-state index in [2.05, 4.69) is 100 Å². The molecule has 0 unspecified atom stereocenters. The minimum atomic E-state index is -0.354. The third-order valence-electron chi connectivity index (χ3n) is 16.1. The summed E-state index contributed by atoms with van der Waals surface area (Å²) < 4.78 is 31.5. The summed E-state index contributed by atoms with van der Waals surface area (Å²) in [5, 5.41) is 47.1. The first-order valence-corrected chi connectivity index (χ1v) is 34.3. The predicted octanol–water partition coefficient (Wildman–Crippen LogP) is 8.61. The second-order valence-electron chi connectivity index (χ2n) is 23.8. The summed E-state index contributed by atoms with van der Waals surface area (Å²) in [5.41, 5.74) is 10.9. The standard InChI is InChI=1S/C22H25N5O2S.C14H19ClN4O2S.C13H17BN2O2.C11H10ClN3O2S.C3H9NO/c1-14(28)4-2-5-15-12-19-20(30-15)22(27-8-10-29-11-9-27)25-21(24-19)16-6-3-7-18-17(16)13-23-26-18;1-9(20)7-16-8-10-6-11-12(22-10)13(18-14(15)17-11)19-2-4-21-5-3-19;1-12(2)13(3,4)18-14(17-12)10-6-5-7-11-9(10)8-15-16-11;12-11-13-8-5-7(6-16)18-9(8)10(14-11)15-1-3-17-4-2-15;1-3(5)2-4/h3,6-7,12-14,28H,2,4-5,8-11H2,1H3,(H,23,26);6,9,16,20H,2-5,7-8H2,1H3;5-8H,1-4H3,(H,15,16);5-6H,1-4H2;3,5H,2,4H2,1H3/t14-;9-;;;3-/m00..0/s1. The number of anilines is 3. The van der Waals surface area contributed by atoms with Crippen molar-refractivity contribution in [1.82, 2.24) is 55.6 Å². The molecule has 30 heteroatoms. The number of aliphatic hydroxyl groups excluding tert-OH is 3. The van der Waals surface area contributed by atoms with Crippen molar-refractivity contribution < 1.29 is 43.6 Å². The van der Waals surface area contributed by atoms with Crippen molar-refractivity contribution in [2.45, 2.75) is 104 Å². The van der Waals surface area contributed by atoms with Crippen LogP contribution in [-0.2, 0) is 36.5 Å². The number of nitrogens with two attached hydrogens (primary N) is 1. The van der Waals surface area contributed by atoms with Crippen LogP contribution in [0.15, 0.2) is 67.0 Å². The molecule has 4 aliphatic heterocycles. The van der Waals surface area contributed by atoms with Crippen molar-refractivity contribution in [3.05, 3.63) is 92.2 Å². The van der Waals surface area contributed by atoms with Crippen molar-refractivity contribution in [3.8, 4) is 11.4 Å². The quantitative estimate of drug-likeness (QED) is 0.0287. The van der Waals surface area contributed by atoms with Crippen LogP contribution in [0, 0.1) is 0 Å². The van der Waals surface area contributed by atoms with Gasteiger partial charge in [-0.3, -0.25) is 15.0 Å². The number of ether oxygens (including phenoxy) is 3. The Morgan fingerprint density at radius 3 is 1.67 bits per heavy atom. The van der Waals surface area contributed by atoms with E-state index in [1.165, 1.54) is 16.2 Å². The molecule has 8 aromatic heterocycles. The highest BCUT2D eigenvalue weighted by atomic mass is 35.5. The van der Waals surface area contributed by atoms with Crippen molar-refractivity contribution in [3.63, 3.8) is 0 Å². The third-order valence-corrected chi connectivity index (χ3v) is 19.7. The van der Waals surface area contributed by atoms with Gasteiger partial charge in [-0.15, -0.1) is 34.0 Å². The Morgan fingerprint density at radius 2 is 1.13 bits per heavy atom. The van der Waals surface area contributed by atoms with Crippen LogP contribution in [0.3, 0.4) is 0 Å². The number of aryl methyl sites for hydroxylation is 1. The zero-order valence-electron chi connectivity index (χ0n) is 53.2. The van der Waals surface area contributed by atoms with Crippen molar-refractivity contribution in [2.24, 2.45) is 5.73 Å². The largest absolute Gasteiger partial charge is 0.495 e. The number of fused-ring (bicyclic) bond motifs is 5. The molecule has 4 saturated heterocycles. The van der Waals surface area contributed by atoms with Gasteiger partial charge < -0.3 is 64.6 Å². The molecular weight excluding hydrogens is 1290 g/mol. The normalized spacial score (nSPS) is 17.3. The summed E-state index contributed by atoms with van der Waals surface area (Å²) in [6.45, 7) is 24.1. The van der Waals surface area contributed by atoms with Gasteiger partial charge in [0.2, 0.25) is 10.6 Å². The molecule has 0 bridgehead atoms. The summed E-state index contributed by atoms with van der Waals surface area (Å²) in [6.07, 6.45) is 6.24. The van der Waals surface area contributed by atoms with E-state index in [9.17, 15) is 15.0 Å². The molecule has 2 aromatic carbocycles. The van der Waals surface area contributed by atoms with E-state index >= 15 is 0 Å². The number of halogens is 2. The van der Waals surface area contributed by atoms with Gasteiger partial charge in [0, 0.05) is 85.0 Å². The molecule has 0 radical (unpaired) electrons. The number of aldehydes is 1. The fraction of sp³-hybridized carbons (Fsp3) is 0.476. The topological polar surface area (TPSA) is 306 Å². The number of carbonyl (C=O) groups excluding carboxylic acids is 1. The molecule has 8 N–H and O–H groups in total. The van der Waals surface area contributed by atoms with Gasteiger partial charge >= 0.3 is 7.12 Å². The Kier molecular flexibility index (Phi) is 24.0. The highest BCUT2D eigenvalue weighted by molar-refractivity contribution is 7.21. The Balaban J connectivity index is 0.000000135. The van der Waals surface area contributed by atoms with Gasteiger partial charge in [-0.05, 0) is 127 Å². The highest BCUT2D eigenvalue weighted by Crippen LogP contribution is 2.39. The molecule has 12 heterocycles. The number of carbonyl (C=O) groups is 1. The minimum absolute atomic E-state index is 0.208. The fourth-order valence-corrected chi connectivity index (χ4v) is 14.0. The average molecular weight is 1370 g/mol. The van der Waals surface area contributed by atoms with Crippen LogP contribution >= 0.6 is 57.2 Å². The number of H-pyrrole nitrogens is 2. The molecule has 3 atom stereocenters. The van der Waals surface area contributed by atoms with Crippen LogP contribution in [0.2, 0.25) is 10.6 Å². The van der Waals surface area contributed by atoms with E-state index in [0.717, 1.165) is 156 Å². The van der Waals surface area contributed by atoms with Crippen LogP contribution in [-0.4, -0.2) is 201 Å². The zero-order valence-corrected chi connectivity index (χ0v) is 57.2. The molecule has 24 nitrogen and oxygen atoms in total. The Bertz CT molecular complexity index is 4060. The lowest BCUT2D eigenvalue weighted by Gasteiger charge is -2.32. The third kappa shape index (κ3) is 17.6. The summed E-state index contributed by atoms with van der Waals surface area (Å²) in [4.78, 5) is 47.7. The summed E-state index contributed by atoms with van der Waals surface area (Å²) in [5.74, 6) is 3.41. The predicted molar refractivity (Wildman–Crippen MR) is 372 cm³/mol. The number of morpholine rings is 3. The van der Waals surface area contributed by atoms with Crippen LogP contribution in [0.1, 0.15) is 80.7 Å². The van der Waals surface area contributed by atoms with Gasteiger partial charge in [-0.1, -0.05) is 24.3 Å². The van der Waals surface area contributed by atoms with E-state index in [1.807, 2.05) is 55.7 Å². The van der Waals surface area contributed by atoms with Gasteiger partial charge in [0.25, 0.3) is 0 Å². The number of hydrogen-bond donors (Lipinski definition) is 7. The summed E-state index contributed by atoms with van der Waals surface area (Å²) >= 11 is 16.8. The monoisotopic (exact) mass is 1370 g/mol. The lowest BCUT2D eigenvalue weighted by Crippen LogP contribution is -2.41. The molecule has 93 heavy (non-hydrogen) atoms. The number of hydrogen-bond acceptors (Lipinski definition) is 25. The number of aromatic nitrogens is 10. The number of nitrogens with zero attached hydrogens (tertiary/aromatic N) is 11. The van der Waals surface area contributed by atoms with E-state index in [1.54, 1.807) is 42.6 Å². The van der Waals surface area contributed by atoms with E-state index < -0.39 is 0 Å². The van der Waals surface area contributed by atoms with Gasteiger partial charge in [-0.25, -0.2) is 19.9 Å². The number of thiophene rings is 3. The first-order valence-electron chi connectivity index (χ1n) is 31.1. The Morgan fingerprint density at radius 1 is 0.645 bits per heavy atom. The zero-order chi connectivity index (χ0) is 65.8. The Labute approximate surface area is 561 Å². The van der Waals surface area contributed by atoms with Gasteiger partial charge in [0.15, 0.2) is 29.6 Å². The lowest BCUT2D eigenvalue weighted by molar-refractivity contribution is 0.00578. The maximum absolute atomic E-state index is 10.8. The average Bonchev–Trinajstić information content (AvgIpc) is 1.70. The second kappa shape index (κ2) is 32.0. The van der Waals surface area contributed by atoms with Crippen molar-refractivity contribution in [2.75, 3.05) is 107 Å². The number of aliphatic hydroxyl groups is 3. The van der Waals surface area contributed by atoms with Crippen LogP contribution in [0.4, 0.5) is 17.5 Å². The van der Waals surface area contributed by atoms with Crippen molar-refractivity contribution in [1.29, 1.82) is 0 Å². The first kappa shape index (κ1) is 69.6. The van der Waals surface area contributed by atoms with Crippen LogP contribution < -0.4 is 31.2 Å². The lowest BCUT2D eigenvalue weighted by atomic mass is 9.77. The van der Waals surface area contributed by atoms with Crippen LogP contribution in [0.25, 0.3) is 63.8 Å². The highest BCUT2D eigenvalue weighted by Gasteiger charge is 2.52. The van der Waals surface area contributed by atoms with E-state index in [4.69, 9.17) is 67.5 Å². The van der Waals surface area contributed by atoms with Crippen LogP contribution in [0.5, 0.6) is 0 Å². The number of nitrogens with one attached hydrogen (secondary N) is 3. The molecular formula is C63H80BCl2N15O9S3. The van der Waals surface area contributed by atoms with Gasteiger partial charge in [0.1, 0.15) is 0 Å².